The second kappa shape index (κ2) is 6.45. The lowest BCUT2D eigenvalue weighted by Crippen LogP contribution is -2.18. The van der Waals surface area contributed by atoms with E-state index >= 15 is 0 Å². The Labute approximate surface area is 151 Å². The Morgan fingerprint density at radius 1 is 1.35 bits per heavy atom. The molecule has 0 bridgehead atoms. The first-order chi connectivity index (χ1) is 12.5. The lowest BCUT2D eigenvalue weighted by atomic mass is 10.1. The minimum absolute atomic E-state index is 0.267. The summed E-state index contributed by atoms with van der Waals surface area (Å²) >= 11 is 0. The largest absolute Gasteiger partial charge is 0.385 e. The van der Waals surface area contributed by atoms with Crippen LogP contribution in [0.3, 0.4) is 0 Å². The second-order valence-corrected chi connectivity index (χ2v) is 6.76. The van der Waals surface area contributed by atoms with Gasteiger partial charge in [-0.25, -0.2) is 4.98 Å². The van der Waals surface area contributed by atoms with E-state index in [4.69, 9.17) is 10.3 Å². The van der Waals surface area contributed by atoms with Crippen LogP contribution in [0.5, 0.6) is 0 Å². The molecule has 1 fully saturated rings. The predicted octanol–water partition coefficient (Wildman–Crippen LogP) is 2.48. The van der Waals surface area contributed by atoms with Crippen molar-refractivity contribution in [1.82, 2.24) is 14.7 Å². The third-order valence-corrected chi connectivity index (χ3v) is 4.43. The number of aromatic nitrogens is 3. The van der Waals surface area contributed by atoms with E-state index in [0.717, 1.165) is 29.7 Å². The minimum Gasteiger partial charge on any atom is -0.385 e. The average Bonchev–Trinajstić information content (AvgIpc) is 3.03. The van der Waals surface area contributed by atoms with Gasteiger partial charge in [0, 0.05) is 29.6 Å². The van der Waals surface area contributed by atoms with E-state index in [1.54, 1.807) is 13.1 Å². The zero-order chi connectivity index (χ0) is 18.1. The molecular formula is C20H20N4O2. The summed E-state index contributed by atoms with van der Waals surface area (Å²) in [5.74, 6) is 7.53. The number of hydrogen-bond acceptors (Lipinski definition) is 5. The van der Waals surface area contributed by atoms with E-state index in [1.165, 1.54) is 0 Å². The highest BCUT2D eigenvalue weighted by Crippen LogP contribution is 2.31. The highest BCUT2D eigenvalue weighted by molar-refractivity contribution is 5.59. The molecule has 6 heteroatoms. The summed E-state index contributed by atoms with van der Waals surface area (Å²) < 4.78 is 7.31. The van der Waals surface area contributed by atoms with Crippen LogP contribution in [-0.4, -0.2) is 25.4 Å². The molecule has 26 heavy (non-hydrogen) atoms. The first-order valence-corrected chi connectivity index (χ1v) is 8.60. The molecule has 1 unspecified atom stereocenters. The van der Waals surface area contributed by atoms with E-state index < -0.39 is 6.10 Å². The SMILES string of the molecule is CC(O)c1nccn1Cc1cc(-c2ccc(C#CC3(N)CC3)cc2)on1. The maximum atomic E-state index is 9.73. The summed E-state index contributed by atoms with van der Waals surface area (Å²) in [6.07, 6.45) is 4.80. The van der Waals surface area contributed by atoms with Gasteiger partial charge in [-0.05, 0) is 44.0 Å². The van der Waals surface area contributed by atoms with Crippen LogP contribution >= 0.6 is 0 Å². The molecular weight excluding hydrogens is 328 g/mol. The van der Waals surface area contributed by atoms with Gasteiger partial charge in [-0.15, -0.1) is 0 Å². The normalized spacial score (nSPS) is 16.0. The maximum absolute atomic E-state index is 9.73. The second-order valence-electron chi connectivity index (χ2n) is 6.76. The van der Waals surface area contributed by atoms with Crippen molar-refractivity contribution in [3.05, 3.63) is 59.8 Å². The van der Waals surface area contributed by atoms with E-state index in [1.807, 2.05) is 41.1 Å². The van der Waals surface area contributed by atoms with E-state index in [-0.39, 0.29) is 5.54 Å². The quantitative estimate of drug-likeness (QED) is 0.707. The zero-order valence-electron chi connectivity index (χ0n) is 14.5. The van der Waals surface area contributed by atoms with Crippen molar-refractivity contribution in [2.75, 3.05) is 0 Å². The first kappa shape index (κ1) is 16.6. The molecule has 4 rings (SSSR count). The Hall–Kier alpha value is -2.88. The number of rotatable bonds is 4. The van der Waals surface area contributed by atoms with Crippen molar-refractivity contribution in [1.29, 1.82) is 0 Å². The molecule has 1 aliphatic carbocycles. The van der Waals surface area contributed by atoms with Gasteiger partial charge < -0.3 is 19.9 Å². The van der Waals surface area contributed by atoms with Crippen LogP contribution in [0.1, 0.15) is 43.0 Å². The Morgan fingerprint density at radius 2 is 2.12 bits per heavy atom. The average molecular weight is 348 g/mol. The molecule has 2 heterocycles. The van der Waals surface area contributed by atoms with Crippen molar-refractivity contribution in [3.63, 3.8) is 0 Å². The smallest absolute Gasteiger partial charge is 0.167 e. The van der Waals surface area contributed by atoms with Gasteiger partial charge in [0.25, 0.3) is 0 Å². The van der Waals surface area contributed by atoms with Gasteiger partial charge in [-0.3, -0.25) is 0 Å². The number of nitrogens with zero attached hydrogens (tertiary/aromatic N) is 3. The van der Waals surface area contributed by atoms with Crippen LogP contribution in [0.4, 0.5) is 0 Å². The predicted molar refractivity (Wildman–Crippen MR) is 96.9 cm³/mol. The molecule has 0 amide bonds. The lowest BCUT2D eigenvalue weighted by Gasteiger charge is -2.07. The topological polar surface area (TPSA) is 90.1 Å². The van der Waals surface area contributed by atoms with Gasteiger partial charge in [-0.1, -0.05) is 17.0 Å². The van der Waals surface area contributed by atoms with Crippen LogP contribution in [0.15, 0.2) is 47.2 Å². The molecule has 6 nitrogen and oxygen atoms in total. The molecule has 1 aromatic carbocycles. The van der Waals surface area contributed by atoms with Crippen LogP contribution in [-0.2, 0) is 6.54 Å². The third kappa shape index (κ3) is 3.54. The van der Waals surface area contributed by atoms with Gasteiger partial charge in [0.05, 0.1) is 12.1 Å². The molecule has 1 aliphatic rings. The van der Waals surface area contributed by atoms with Crippen molar-refractivity contribution >= 4 is 0 Å². The number of nitrogens with two attached hydrogens (primary N) is 1. The third-order valence-electron chi connectivity index (χ3n) is 4.43. The Morgan fingerprint density at radius 3 is 2.81 bits per heavy atom. The molecule has 0 radical (unpaired) electrons. The summed E-state index contributed by atoms with van der Waals surface area (Å²) in [4.78, 5) is 4.16. The fourth-order valence-corrected chi connectivity index (χ4v) is 2.69. The number of benzene rings is 1. The number of aliphatic hydroxyl groups excluding tert-OH is 1. The fourth-order valence-electron chi connectivity index (χ4n) is 2.69. The summed E-state index contributed by atoms with van der Waals surface area (Å²) in [6.45, 7) is 2.18. The lowest BCUT2D eigenvalue weighted by molar-refractivity contribution is 0.184. The molecule has 3 N–H and O–H groups in total. The highest BCUT2D eigenvalue weighted by atomic mass is 16.5. The van der Waals surface area contributed by atoms with Crippen molar-refractivity contribution in [2.24, 2.45) is 5.73 Å². The monoisotopic (exact) mass is 348 g/mol. The van der Waals surface area contributed by atoms with Crippen molar-refractivity contribution in [3.8, 4) is 23.2 Å². The van der Waals surface area contributed by atoms with Gasteiger partial charge in [0.15, 0.2) is 5.76 Å². The highest BCUT2D eigenvalue weighted by Gasteiger charge is 2.36. The number of aliphatic hydroxyl groups is 1. The Bertz CT molecular complexity index is 969. The van der Waals surface area contributed by atoms with E-state index in [0.29, 0.717) is 18.1 Å². The Balaban J connectivity index is 1.48. The zero-order valence-corrected chi connectivity index (χ0v) is 14.5. The minimum atomic E-state index is -0.631. The molecule has 2 aromatic heterocycles. The van der Waals surface area contributed by atoms with Crippen LogP contribution in [0.25, 0.3) is 11.3 Å². The van der Waals surface area contributed by atoms with Gasteiger partial charge >= 0.3 is 0 Å². The molecule has 1 atom stereocenters. The number of imidazole rings is 1. The van der Waals surface area contributed by atoms with Gasteiger partial charge in [0.2, 0.25) is 0 Å². The standard InChI is InChI=1S/C20H20N4O2/c1-14(25)19-22-10-11-24(19)13-17-12-18(26-23-17)16-4-2-15(3-5-16)6-7-20(21)8-9-20/h2-5,10-12,14,25H,8-9,13,21H2,1H3. The van der Waals surface area contributed by atoms with Crippen molar-refractivity contribution < 1.29 is 9.63 Å². The van der Waals surface area contributed by atoms with Crippen LogP contribution in [0.2, 0.25) is 0 Å². The Kier molecular flexibility index (Phi) is 4.11. The molecule has 0 spiro atoms. The summed E-state index contributed by atoms with van der Waals surface area (Å²) in [5, 5.41) is 13.8. The molecule has 1 saturated carbocycles. The first-order valence-electron chi connectivity index (χ1n) is 8.60. The van der Waals surface area contributed by atoms with Crippen LogP contribution in [0, 0.1) is 11.8 Å². The molecule has 0 saturated heterocycles. The molecule has 3 aromatic rings. The van der Waals surface area contributed by atoms with E-state index in [2.05, 4.69) is 22.0 Å². The maximum Gasteiger partial charge on any atom is 0.167 e. The summed E-state index contributed by atoms with van der Waals surface area (Å²) in [6, 6.07) is 9.73. The van der Waals surface area contributed by atoms with Gasteiger partial charge in [-0.2, -0.15) is 0 Å². The van der Waals surface area contributed by atoms with E-state index in [9.17, 15) is 5.11 Å². The van der Waals surface area contributed by atoms with Crippen molar-refractivity contribution in [2.45, 2.75) is 38.0 Å². The fraction of sp³-hybridized carbons (Fsp3) is 0.300. The summed E-state index contributed by atoms with van der Waals surface area (Å²) in [7, 11) is 0. The molecule has 132 valence electrons. The molecule has 0 aliphatic heterocycles. The van der Waals surface area contributed by atoms with Crippen LogP contribution < -0.4 is 5.73 Å². The number of hydrogen-bond donors (Lipinski definition) is 2. The van der Waals surface area contributed by atoms with Gasteiger partial charge in [0.1, 0.15) is 17.6 Å². The summed E-state index contributed by atoms with van der Waals surface area (Å²) in [5.41, 5.74) is 8.35.